The molecule has 0 amide bonds. The lowest BCUT2D eigenvalue weighted by Gasteiger charge is -2.03. The Kier molecular flexibility index (Phi) is 1.78. The van der Waals surface area contributed by atoms with Crippen LogP contribution >= 0.6 is 0 Å². The number of aromatic nitrogens is 6. The molecule has 3 heterocycles. The van der Waals surface area contributed by atoms with Crippen LogP contribution in [0, 0.1) is 6.92 Å². The van der Waals surface area contributed by atoms with Gasteiger partial charge in [0.05, 0.1) is 5.52 Å². The normalized spacial score (nSPS) is 11.6. The zero-order valence-corrected chi connectivity index (χ0v) is 9.95. The maximum Gasteiger partial charge on any atom is 0.278 e. The van der Waals surface area contributed by atoms with Crippen LogP contribution in [0.1, 0.15) is 5.82 Å². The number of aryl methyl sites for hydroxylation is 1. The Morgan fingerprint density at radius 3 is 2.95 bits per heavy atom. The molecule has 3 aromatic heterocycles. The summed E-state index contributed by atoms with van der Waals surface area (Å²) in [5.41, 5.74) is 1.35. The fourth-order valence-corrected chi connectivity index (χ4v) is 2.24. The second-order valence-corrected chi connectivity index (χ2v) is 4.27. The van der Waals surface area contributed by atoms with E-state index in [1.165, 1.54) is 0 Å². The summed E-state index contributed by atoms with van der Waals surface area (Å²) in [6.45, 7) is 1.77. The van der Waals surface area contributed by atoms with Gasteiger partial charge in [-0.15, -0.1) is 15.3 Å². The van der Waals surface area contributed by atoms with E-state index < -0.39 is 0 Å². The van der Waals surface area contributed by atoms with E-state index in [1.807, 2.05) is 24.3 Å². The second-order valence-electron chi connectivity index (χ2n) is 4.27. The van der Waals surface area contributed by atoms with E-state index in [4.69, 9.17) is 0 Å². The van der Waals surface area contributed by atoms with Gasteiger partial charge in [0.25, 0.3) is 11.3 Å². The SMILES string of the molecule is Cc1nc2nnc3c(=O)[nH]c4ccccc4c3n2n1. The molecule has 0 unspecified atom stereocenters. The Bertz CT molecular complexity index is 1000. The Morgan fingerprint density at radius 2 is 2.05 bits per heavy atom. The van der Waals surface area contributed by atoms with Crippen molar-refractivity contribution in [1.29, 1.82) is 0 Å². The van der Waals surface area contributed by atoms with Gasteiger partial charge in [-0.05, 0) is 13.0 Å². The Labute approximate surface area is 105 Å². The van der Waals surface area contributed by atoms with E-state index >= 15 is 0 Å². The number of nitrogens with zero attached hydrogens (tertiary/aromatic N) is 5. The average molecular weight is 252 g/mol. The number of fused-ring (bicyclic) bond motifs is 5. The number of H-pyrrole nitrogens is 1. The van der Waals surface area contributed by atoms with Gasteiger partial charge in [0.2, 0.25) is 0 Å². The van der Waals surface area contributed by atoms with Crippen LogP contribution in [0.3, 0.4) is 0 Å². The molecule has 0 aliphatic rings. The van der Waals surface area contributed by atoms with Crippen molar-refractivity contribution in [3.05, 3.63) is 40.4 Å². The van der Waals surface area contributed by atoms with Crippen molar-refractivity contribution in [2.45, 2.75) is 6.92 Å². The summed E-state index contributed by atoms with van der Waals surface area (Å²) in [5, 5.41) is 13.0. The minimum atomic E-state index is -0.281. The number of hydrogen-bond donors (Lipinski definition) is 1. The molecule has 0 saturated heterocycles. The lowest BCUT2D eigenvalue weighted by molar-refractivity contribution is 0.925. The summed E-state index contributed by atoms with van der Waals surface area (Å²) in [6.07, 6.45) is 0. The quantitative estimate of drug-likeness (QED) is 0.468. The third-order valence-electron chi connectivity index (χ3n) is 3.02. The minimum absolute atomic E-state index is 0.260. The van der Waals surface area contributed by atoms with Crippen LogP contribution in [0.25, 0.3) is 27.7 Å². The van der Waals surface area contributed by atoms with Crippen molar-refractivity contribution in [3.8, 4) is 0 Å². The van der Waals surface area contributed by atoms with Crippen LogP contribution in [-0.2, 0) is 0 Å². The molecule has 4 rings (SSSR count). The maximum absolute atomic E-state index is 12.0. The van der Waals surface area contributed by atoms with Gasteiger partial charge >= 0.3 is 0 Å². The van der Waals surface area contributed by atoms with E-state index in [0.29, 0.717) is 17.1 Å². The first-order valence-electron chi connectivity index (χ1n) is 5.75. The molecule has 1 aromatic carbocycles. The predicted octanol–water partition coefficient (Wildman–Crippen LogP) is 0.822. The van der Waals surface area contributed by atoms with Gasteiger partial charge in [0, 0.05) is 5.39 Å². The lowest BCUT2D eigenvalue weighted by atomic mass is 10.2. The van der Waals surface area contributed by atoms with Gasteiger partial charge in [-0.2, -0.15) is 9.50 Å². The molecule has 0 bridgehead atoms. The van der Waals surface area contributed by atoms with Crippen LogP contribution < -0.4 is 5.56 Å². The van der Waals surface area contributed by atoms with E-state index in [1.54, 1.807) is 11.4 Å². The van der Waals surface area contributed by atoms with Crippen molar-refractivity contribution >= 4 is 27.7 Å². The third kappa shape index (κ3) is 1.29. The van der Waals surface area contributed by atoms with Gasteiger partial charge < -0.3 is 4.98 Å². The van der Waals surface area contributed by atoms with Crippen molar-refractivity contribution in [2.24, 2.45) is 0 Å². The highest BCUT2D eigenvalue weighted by atomic mass is 16.1. The summed E-state index contributed by atoms with van der Waals surface area (Å²) in [5.74, 6) is 0.979. The zero-order chi connectivity index (χ0) is 13.0. The molecule has 0 atom stereocenters. The van der Waals surface area contributed by atoms with E-state index in [-0.39, 0.29) is 11.1 Å². The van der Waals surface area contributed by atoms with Crippen LogP contribution in [-0.4, -0.2) is 29.8 Å². The van der Waals surface area contributed by atoms with Gasteiger partial charge in [0.1, 0.15) is 11.3 Å². The molecule has 0 aliphatic carbocycles. The van der Waals surface area contributed by atoms with Crippen LogP contribution in [0.2, 0.25) is 0 Å². The molecular formula is C12H8N6O. The third-order valence-corrected chi connectivity index (χ3v) is 3.02. The molecule has 0 radical (unpaired) electrons. The van der Waals surface area contributed by atoms with Crippen molar-refractivity contribution in [3.63, 3.8) is 0 Å². The highest BCUT2D eigenvalue weighted by molar-refractivity contribution is 6.01. The first-order valence-corrected chi connectivity index (χ1v) is 5.75. The number of para-hydroxylation sites is 1. The Morgan fingerprint density at radius 1 is 1.21 bits per heavy atom. The number of nitrogens with one attached hydrogen (secondary N) is 1. The zero-order valence-electron chi connectivity index (χ0n) is 9.95. The molecule has 1 N–H and O–H groups in total. The predicted molar refractivity (Wildman–Crippen MR) is 68.9 cm³/mol. The summed E-state index contributed by atoms with van der Waals surface area (Å²) >= 11 is 0. The second kappa shape index (κ2) is 3.35. The molecule has 4 aromatic rings. The van der Waals surface area contributed by atoms with Gasteiger partial charge in [-0.1, -0.05) is 18.2 Å². The van der Waals surface area contributed by atoms with Gasteiger partial charge in [-0.3, -0.25) is 4.79 Å². The number of rotatable bonds is 0. The fraction of sp³-hybridized carbons (Fsp3) is 0.0833. The van der Waals surface area contributed by atoms with E-state index in [0.717, 1.165) is 10.9 Å². The lowest BCUT2D eigenvalue weighted by Crippen LogP contribution is -2.12. The van der Waals surface area contributed by atoms with Crippen molar-refractivity contribution in [2.75, 3.05) is 0 Å². The van der Waals surface area contributed by atoms with Crippen molar-refractivity contribution in [1.82, 2.24) is 29.8 Å². The average Bonchev–Trinajstić information content (AvgIpc) is 2.79. The molecule has 0 fully saturated rings. The molecule has 0 spiro atoms. The molecule has 92 valence electrons. The highest BCUT2D eigenvalue weighted by Crippen LogP contribution is 2.19. The molecule has 19 heavy (non-hydrogen) atoms. The number of hydrogen-bond acceptors (Lipinski definition) is 5. The van der Waals surface area contributed by atoms with E-state index in [9.17, 15) is 4.79 Å². The van der Waals surface area contributed by atoms with Gasteiger partial charge in [-0.25, -0.2) is 0 Å². The number of pyridine rings is 1. The largest absolute Gasteiger partial charge is 0.320 e. The van der Waals surface area contributed by atoms with Crippen LogP contribution in [0.4, 0.5) is 0 Å². The summed E-state index contributed by atoms with van der Waals surface area (Å²) in [6, 6.07) is 7.51. The molecule has 0 aliphatic heterocycles. The summed E-state index contributed by atoms with van der Waals surface area (Å²) < 4.78 is 1.56. The van der Waals surface area contributed by atoms with E-state index in [2.05, 4.69) is 25.3 Å². The monoisotopic (exact) mass is 252 g/mol. The Balaban J connectivity index is 2.43. The number of aromatic amines is 1. The molecule has 7 heteroatoms. The Hall–Kier alpha value is -2.83. The van der Waals surface area contributed by atoms with Crippen LogP contribution in [0.5, 0.6) is 0 Å². The molecule has 0 saturated carbocycles. The van der Waals surface area contributed by atoms with Crippen molar-refractivity contribution < 1.29 is 0 Å². The standard InChI is InChI=1S/C12H8N6O/c1-6-13-12-16-15-9-10(18(12)17-6)7-4-2-3-5-8(7)14-11(9)19/h2-5H,1H3,(H,14,19). The summed E-state index contributed by atoms with van der Waals surface area (Å²) in [7, 11) is 0. The topological polar surface area (TPSA) is 88.8 Å². The molecular weight excluding hydrogens is 244 g/mol. The minimum Gasteiger partial charge on any atom is -0.320 e. The molecule has 7 nitrogen and oxygen atoms in total. The first-order chi connectivity index (χ1) is 9.24. The highest BCUT2D eigenvalue weighted by Gasteiger charge is 2.13. The number of benzene rings is 1. The van der Waals surface area contributed by atoms with Crippen LogP contribution in [0.15, 0.2) is 29.1 Å². The first kappa shape index (κ1) is 10.1. The smallest absolute Gasteiger partial charge is 0.278 e. The van der Waals surface area contributed by atoms with Gasteiger partial charge in [0.15, 0.2) is 5.52 Å². The maximum atomic E-state index is 12.0. The fourth-order valence-electron chi connectivity index (χ4n) is 2.24. The summed E-state index contributed by atoms with van der Waals surface area (Å²) in [4.78, 5) is 19.0.